The van der Waals surface area contributed by atoms with Crippen molar-refractivity contribution in [1.82, 2.24) is 10.2 Å². The van der Waals surface area contributed by atoms with Crippen molar-refractivity contribution in [3.05, 3.63) is 111 Å². The van der Waals surface area contributed by atoms with Gasteiger partial charge in [0.25, 0.3) is 5.91 Å². The Bertz CT molecular complexity index is 1540. The Morgan fingerprint density at radius 1 is 0.929 bits per heavy atom. The number of nitrogens with one attached hydrogen (secondary N) is 1. The Morgan fingerprint density at radius 2 is 1.67 bits per heavy atom. The second-order valence-corrected chi connectivity index (χ2v) is 12.3. The highest BCUT2D eigenvalue weighted by molar-refractivity contribution is 9.10. The van der Waals surface area contributed by atoms with Crippen LogP contribution in [0, 0.1) is 0 Å². The van der Waals surface area contributed by atoms with Gasteiger partial charge >= 0.3 is 0 Å². The highest BCUT2D eigenvalue weighted by atomic mass is 79.9. The maximum atomic E-state index is 14.0. The molecule has 0 spiro atoms. The number of ether oxygens (including phenoxy) is 1. The van der Waals surface area contributed by atoms with Gasteiger partial charge in [-0.15, -0.1) is 0 Å². The van der Waals surface area contributed by atoms with E-state index in [1.54, 1.807) is 23.1 Å². The van der Waals surface area contributed by atoms with Crippen LogP contribution in [0.4, 0.5) is 0 Å². The van der Waals surface area contributed by atoms with Gasteiger partial charge in [-0.3, -0.25) is 9.59 Å². The number of hydrogen-bond donors (Lipinski definition) is 1. The van der Waals surface area contributed by atoms with Crippen LogP contribution in [-0.4, -0.2) is 35.4 Å². The van der Waals surface area contributed by atoms with Crippen LogP contribution in [0.1, 0.15) is 43.2 Å². The zero-order valence-corrected chi connectivity index (χ0v) is 26.3. The van der Waals surface area contributed by atoms with Crippen LogP contribution >= 0.6 is 39.1 Å². The molecule has 1 N–H and O–H groups in total. The Balaban J connectivity index is 1.45. The lowest BCUT2D eigenvalue weighted by molar-refractivity contribution is -0.143. The number of amides is 2. The average molecular weight is 668 g/mol. The Kier molecular flexibility index (Phi) is 10.4. The Hall–Kier alpha value is -3.06. The van der Waals surface area contributed by atoms with Crippen molar-refractivity contribution in [1.29, 1.82) is 0 Å². The molecule has 0 bridgehead atoms. The van der Waals surface area contributed by atoms with Crippen molar-refractivity contribution in [3.8, 4) is 5.75 Å². The van der Waals surface area contributed by atoms with Crippen molar-refractivity contribution in [2.45, 2.75) is 57.2 Å². The van der Waals surface area contributed by atoms with E-state index in [-0.39, 0.29) is 31.0 Å². The summed E-state index contributed by atoms with van der Waals surface area (Å²) in [4.78, 5) is 29.6. The number of carbonyl (C=O) groups is 2. The van der Waals surface area contributed by atoms with Gasteiger partial charge in [0.15, 0.2) is 6.61 Å². The number of carbonyl (C=O) groups excluding carboxylic acids is 2. The molecule has 1 aliphatic rings. The standard InChI is InChI=1S/C34H33BrCl2N2O3/c35-33-28-14-8-7-11-24(28)16-18-31(33)42-22-32(40)39(21-25-15-17-26(36)20-29(25)37)30(19-23-9-3-1-4-10-23)34(41)38-27-12-5-2-6-13-27/h1,3-4,7-11,14-18,20,27,30H,2,5-6,12-13,19,21-22H2,(H,38,41)/t30-/m1/s1. The molecule has 4 aromatic carbocycles. The molecule has 218 valence electrons. The third-order valence-electron chi connectivity index (χ3n) is 7.76. The third kappa shape index (κ3) is 7.66. The second kappa shape index (κ2) is 14.4. The summed E-state index contributed by atoms with van der Waals surface area (Å²) in [5.41, 5.74) is 1.66. The zero-order valence-electron chi connectivity index (χ0n) is 23.2. The van der Waals surface area contributed by atoms with Gasteiger partial charge in [-0.05, 0) is 68.9 Å². The summed E-state index contributed by atoms with van der Waals surface area (Å²) in [6, 6.07) is 26.0. The number of nitrogens with zero attached hydrogens (tertiary/aromatic N) is 1. The van der Waals surface area contributed by atoms with Crippen LogP contribution in [0.3, 0.4) is 0 Å². The summed E-state index contributed by atoms with van der Waals surface area (Å²) < 4.78 is 6.86. The van der Waals surface area contributed by atoms with Crippen LogP contribution in [0.5, 0.6) is 5.75 Å². The molecule has 1 saturated carbocycles. The van der Waals surface area contributed by atoms with Crippen molar-refractivity contribution < 1.29 is 14.3 Å². The van der Waals surface area contributed by atoms with Crippen LogP contribution in [0.15, 0.2) is 89.4 Å². The normalized spacial score (nSPS) is 14.4. The van der Waals surface area contributed by atoms with Crippen molar-refractivity contribution in [2.24, 2.45) is 0 Å². The third-order valence-corrected chi connectivity index (χ3v) is 9.16. The first-order chi connectivity index (χ1) is 20.4. The summed E-state index contributed by atoms with van der Waals surface area (Å²) >= 11 is 16.4. The lowest BCUT2D eigenvalue weighted by Crippen LogP contribution is -2.53. The largest absolute Gasteiger partial charge is 0.483 e. The number of hydrogen-bond acceptors (Lipinski definition) is 3. The molecule has 5 rings (SSSR count). The van der Waals surface area contributed by atoms with Gasteiger partial charge < -0.3 is 15.0 Å². The first kappa shape index (κ1) is 30.4. The highest BCUT2D eigenvalue weighted by Gasteiger charge is 2.32. The molecule has 1 aliphatic carbocycles. The van der Waals surface area contributed by atoms with E-state index in [0.29, 0.717) is 27.8 Å². The lowest BCUT2D eigenvalue weighted by atomic mass is 9.94. The first-order valence-electron chi connectivity index (χ1n) is 14.3. The second-order valence-electron chi connectivity index (χ2n) is 10.7. The fourth-order valence-electron chi connectivity index (χ4n) is 5.48. The minimum absolute atomic E-state index is 0.102. The van der Waals surface area contributed by atoms with Gasteiger partial charge in [-0.1, -0.05) is 109 Å². The minimum atomic E-state index is -0.766. The maximum absolute atomic E-state index is 14.0. The molecule has 8 heteroatoms. The lowest BCUT2D eigenvalue weighted by Gasteiger charge is -2.33. The van der Waals surface area contributed by atoms with Gasteiger partial charge in [-0.2, -0.15) is 0 Å². The molecule has 0 aromatic heterocycles. The molecule has 0 saturated heterocycles. The van der Waals surface area contributed by atoms with Gasteiger partial charge in [0, 0.05) is 29.1 Å². The monoisotopic (exact) mass is 666 g/mol. The molecule has 1 fully saturated rings. The molecule has 1 atom stereocenters. The predicted octanol–water partition coefficient (Wildman–Crippen LogP) is 8.38. The molecule has 5 nitrogen and oxygen atoms in total. The van der Waals surface area contributed by atoms with Crippen LogP contribution in [0.2, 0.25) is 10.0 Å². The molecule has 0 radical (unpaired) electrons. The molecule has 0 unspecified atom stereocenters. The van der Waals surface area contributed by atoms with E-state index in [9.17, 15) is 9.59 Å². The maximum Gasteiger partial charge on any atom is 0.261 e. The smallest absolute Gasteiger partial charge is 0.261 e. The molecular weight excluding hydrogens is 635 g/mol. The zero-order chi connectivity index (χ0) is 29.5. The molecule has 4 aromatic rings. The Morgan fingerprint density at radius 3 is 2.43 bits per heavy atom. The summed E-state index contributed by atoms with van der Waals surface area (Å²) in [5.74, 6) is 0.0645. The Labute approximate surface area is 265 Å². The molecule has 0 heterocycles. The SMILES string of the molecule is O=C(NC1CCCCC1)[C@@H](Cc1ccccc1)N(Cc1ccc(Cl)cc1Cl)C(=O)COc1ccc2ccccc2c1Br. The van der Waals surface area contributed by atoms with Gasteiger partial charge in [0.1, 0.15) is 11.8 Å². The summed E-state index contributed by atoms with van der Waals surface area (Å²) in [6.45, 7) is -0.114. The van der Waals surface area contributed by atoms with E-state index in [0.717, 1.165) is 46.5 Å². The number of benzene rings is 4. The molecule has 2 amide bonds. The summed E-state index contributed by atoms with van der Waals surface area (Å²) in [6.07, 6.45) is 5.61. The van der Waals surface area contributed by atoms with Gasteiger partial charge in [0.05, 0.1) is 4.47 Å². The fraction of sp³-hybridized carbons (Fsp3) is 0.294. The average Bonchev–Trinajstić information content (AvgIpc) is 3.00. The number of fused-ring (bicyclic) bond motifs is 1. The quantitative estimate of drug-likeness (QED) is 0.185. The van der Waals surface area contributed by atoms with E-state index in [1.807, 2.05) is 66.7 Å². The fourth-order valence-corrected chi connectivity index (χ4v) is 6.56. The van der Waals surface area contributed by atoms with Gasteiger partial charge in [0.2, 0.25) is 5.91 Å². The van der Waals surface area contributed by atoms with E-state index >= 15 is 0 Å². The predicted molar refractivity (Wildman–Crippen MR) is 173 cm³/mol. The summed E-state index contributed by atoms with van der Waals surface area (Å²) in [5, 5.41) is 6.24. The molecule has 42 heavy (non-hydrogen) atoms. The van der Waals surface area contributed by atoms with Crippen molar-refractivity contribution in [3.63, 3.8) is 0 Å². The van der Waals surface area contributed by atoms with E-state index in [2.05, 4.69) is 21.2 Å². The molecule has 0 aliphatic heterocycles. The van der Waals surface area contributed by atoms with E-state index < -0.39 is 6.04 Å². The van der Waals surface area contributed by atoms with Crippen LogP contribution in [-0.2, 0) is 22.6 Å². The minimum Gasteiger partial charge on any atom is -0.483 e. The number of halogens is 3. The van der Waals surface area contributed by atoms with E-state index in [1.165, 1.54) is 6.42 Å². The molecular formula is C34H33BrCl2N2O3. The topological polar surface area (TPSA) is 58.6 Å². The van der Waals surface area contributed by atoms with Crippen molar-refractivity contribution >= 4 is 61.7 Å². The van der Waals surface area contributed by atoms with Gasteiger partial charge in [-0.25, -0.2) is 0 Å². The number of rotatable bonds is 10. The summed E-state index contributed by atoms with van der Waals surface area (Å²) in [7, 11) is 0. The van der Waals surface area contributed by atoms with Crippen LogP contribution in [0.25, 0.3) is 10.8 Å². The van der Waals surface area contributed by atoms with Crippen LogP contribution < -0.4 is 10.1 Å². The van der Waals surface area contributed by atoms with Crippen molar-refractivity contribution in [2.75, 3.05) is 6.61 Å². The highest BCUT2D eigenvalue weighted by Crippen LogP contribution is 2.33. The van der Waals surface area contributed by atoms with E-state index in [4.69, 9.17) is 27.9 Å². The first-order valence-corrected chi connectivity index (χ1v) is 15.8.